The smallest absolute Gasteiger partial charge is 0.397 e. The number of rotatable bonds is 5. The molecule has 27 heavy (non-hydrogen) atoms. The van der Waals surface area contributed by atoms with Gasteiger partial charge in [-0.05, 0) is 30.9 Å². The van der Waals surface area contributed by atoms with Gasteiger partial charge in [-0.3, -0.25) is 0 Å². The molecule has 0 atom stereocenters. The molecule has 0 unspecified atom stereocenters. The van der Waals surface area contributed by atoms with Crippen molar-refractivity contribution in [1.29, 1.82) is 0 Å². The van der Waals surface area contributed by atoms with Crippen LogP contribution >= 0.6 is 11.8 Å². The van der Waals surface area contributed by atoms with Crippen LogP contribution in [0.3, 0.4) is 0 Å². The molecule has 0 aliphatic heterocycles. The number of alkyl halides is 3. The zero-order chi connectivity index (χ0) is 19.8. The molecule has 0 amide bonds. The van der Waals surface area contributed by atoms with Crippen LogP contribution in [0.5, 0.6) is 0 Å². The molecule has 5 nitrogen and oxygen atoms in total. The molecule has 0 aliphatic carbocycles. The van der Waals surface area contributed by atoms with Crippen molar-refractivity contribution in [2.45, 2.75) is 24.9 Å². The Hall–Kier alpha value is -2.42. The Labute approximate surface area is 159 Å². The number of fused-ring (bicyclic) bond motifs is 1. The second kappa shape index (κ2) is 7.30. The lowest BCUT2D eigenvalue weighted by Crippen LogP contribution is -2.05. The predicted octanol–water partition coefficient (Wildman–Crippen LogP) is 4.78. The molecule has 0 spiro atoms. The molecule has 3 rings (SSSR count). The van der Waals surface area contributed by atoms with Gasteiger partial charge in [0.2, 0.25) is 0 Å². The number of pyridine rings is 1. The summed E-state index contributed by atoms with van der Waals surface area (Å²) in [6.45, 7) is 4.75. The average Bonchev–Trinajstić information content (AvgIpc) is 2.93. The van der Waals surface area contributed by atoms with Crippen LogP contribution in [0.2, 0.25) is 0 Å². The highest BCUT2D eigenvalue weighted by molar-refractivity contribution is 7.99. The van der Waals surface area contributed by atoms with E-state index in [9.17, 15) is 13.2 Å². The van der Waals surface area contributed by atoms with E-state index in [0.717, 1.165) is 40.7 Å². The maximum absolute atomic E-state index is 13.0. The van der Waals surface area contributed by atoms with Crippen molar-refractivity contribution in [3.05, 3.63) is 30.0 Å². The molecule has 0 fully saturated rings. The molecule has 1 aromatic carbocycles. The molecule has 144 valence electrons. The van der Waals surface area contributed by atoms with E-state index in [4.69, 9.17) is 5.73 Å². The van der Waals surface area contributed by atoms with Crippen LogP contribution in [0.4, 0.5) is 24.5 Å². The highest BCUT2D eigenvalue weighted by Crippen LogP contribution is 2.38. The van der Waals surface area contributed by atoms with Crippen molar-refractivity contribution in [2.75, 3.05) is 23.3 Å². The molecule has 3 aromatic rings. The third kappa shape index (κ3) is 3.69. The monoisotopic (exact) mass is 395 g/mol. The molecule has 9 heteroatoms. The number of benzene rings is 1. The molecule has 2 heterocycles. The number of nitrogens with two attached hydrogens (primary N) is 1. The summed E-state index contributed by atoms with van der Waals surface area (Å²) in [6, 6.07) is 4.78. The number of aryl methyl sites for hydroxylation is 1. The highest BCUT2D eigenvalue weighted by Gasteiger charge is 2.32. The maximum Gasteiger partial charge on any atom is 0.417 e. The summed E-state index contributed by atoms with van der Waals surface area (Å²) in [5.74, 6) is 1.37. The minimum atomic E-state index is -4.46. The first-order valence-corrected chi connectivity index (χ1v) is 9.45. The van der Waals surface area contributed by atoms with E-state index in [0.29, 0.717) is 17.2 Å². The lowest BCUT2D eigenvalue weighted by molar-refractivity contribution is -0.137. The van der Waals surface area contributed by atoms with Gasteiger partial charge in [0.05, 0.1) is 16.9 Å². The van der Waals surface area contributed by atoms with Crippen LogP contribution < -0.4 is 11.1 Å². The summed E-state index contributed by atoms with van der Waals surface area (Å²) in [5.41, 5.74) is 8.09. The van der Waals surface area contributed by atoms with E-state index in [2.05, 4.69) is 15.3 Å². The van der Waals surface area contributed by atoms with Crippen molar-refractivity contribution >= 4 is 34.3 Å². The molecular weight excluding hydrogens is 375 g/mol. The second-order valence-electron chi connectivity index (χ2n) is 5.96. The molecule has 2 aromatic heterocycles. The molecular formula is C18H20F3N5S. The van der Waals surface area contributed by atoms with Crippen LogP contribution in [-0.4, -0.2) is 26.8 Å². The van der Waals surface area contributed by atoms with Gasteiger partial charge in [-0.1, -0.05) is 6.92 Å². The van der Waals surface area contributed by atoms with Gasteiger partial charge in [-0.15, -0.1) is 11.8 Å². The Bertz CT molecular complexity index is 981. The lowest BCUT2D eigenvalue weighted by Gasteiger charge is -2.14. The minimum Gasteiger partial charge on any atom is -0.397 e. The zero-order valence-electron chi connectivity index (χ0n) is 15.2. The summed E-state index contributed by atoms with van der Waals surface area (Å²) >= 11 is 1.62. The molecule has 0 bridgehead atoms. The zero-order valence-corrected chi connectivity index (χ0v) is 16.0. The average molecular weight is 395 g/mol. The molecule has 0 radical (unpaired) electrons. The van der Waals surface area contributed by atoms with E-state index in [1.165, 1.54) is 0 Å². The largest absolute Gasteiger partial charge is 0.417 e. The van der Waals surface area contributed by atoms with Gasteiger partial charge >= 0.3 is 6.18 Å². The highest BCUT2D eigenvalue weighted by atomic mass is 32.2. The minimum absolute atomic E-state index is 0.198. The van der Waals surface area contributed by atoms with Crippen LogP contribution in [0, 0.1) is 0 Å². The Kier molecular flexibility index (Phi) is 5.23. The number of halogens is 3. The molecule has 0 aliphatic rings. The second-order valence-corrected chi connectivity index (χ2v) is 7.26. The van der Waals surface area contributed by atoms with Crippen molar-refractivity contribution in [2.24, 2.45) is 7.05 Å². The summed E-state index contributed by atoms with van der Waals surface area (Å²) in [4.78, 5) is 9.35. The number of hydrogen-bond acceptors (Lipinski definition) is 5. The van der Waals surface area contributed by atoms with Crippen molar-refractivity contribution in [1.82, 2.24) is 14.5 Å². The fourth-order valence-corrected chi connectivity index (χ4v) is 3.68. The summed E-state index contributed by atoms with van der Waals surface area (Å²) < 4.78 is 40.6. The lowest BCUT2D eigenvalue weighted by atomic mass is 10.1. The number of imidazole rings is 1. The van der Waals surface area contributed by atoms with E-state index in [-0.39, 0.29) is 5.52 Å². The predicted molar refractivity (Wildman–Crippen MR) is 104 cm³/mol. The number of hydrogen-bond donors (Lipinski definition) is 2. The number of nitrogens with zero attached hydrogens (tertiary/aromatic N) is 3. The van der Waals surface area contributed by atoms with Gasteiger partial charge in [0.25, 0.3) is 0 Å². The molecule has 3 N–H and O–H groups in total. The van der Waals surface area contributed by atoms with Crippen LogP contribution in [-0.2, 0) is 13.2 Å². The number of nitrogens with one attached hydrogen (secondary N) is 1. The van der Waals surface area contributed by atoms with Gasteiger partial charge in [-0.25, -0.2) is 9.97 Å². The summed E-state index contributed by atoms with van der Waals surface area (Å²) in [7, 11) is 1.74. The quantitative estimate of drug-likeness (QED) is 0.481. The fraction of sp³-hybridized carbons (Fsp3) is 0.333. The third-order valence-corrected chi connectivity index (χ3v) is 5.03. The summed E-state index contributed by atoms with van der Waals surface area (Å²) in [6.07, 6.45) is -3.63. The third-order valence-electron chi connectivity index (χ3n) is 4.10. The van der Waals surface area contributed by atoms with Crippen molar-refractivity contribution < 1.29 is 13.2 Å². The Morgan fingerprint density at radius 2 is 1.96 bits per heavy atom. The normalized spacial score (nSPS) is 11.9. The van der Waals surface area contributed by atoms with E-state index >= 15 is 0 Å². The number of aromatic nitrogens is 3. The van der Waals surface area contributed by atoms with E-state index in [1.807, 2.05) is 26.0 Å². The van der Waals surface area contributed by atoms with E-state index in [1.54, 1.807) is 23.4 Å². The number of nitrogen functional groups attached to an aromatic ring is 1. The van der Waals surface area contributed by atoms with Crippen molar-refractivity contribution in [3.8, 4) is 11.4 Å². The van der Waals surface area contributed by atoms with Gasteiger partial charge in [0, 0.05) is 30.2 Å². The fourth-order valence-electron chi connectivity index (χ4n) is 2.86. The maximum atomic E-state index is 13.0. The SMILES string of the molecule is CCNc1cc(SCC)c(-c2nc3cc(C(F)(F)F)cnc3n2C)cc1N. The van der Waals surface area contributed by atoms with Gasteiger partial charge in [-0.2, -0.15) is 13.2 Å². The van der Waals surface area contributed by atoms with E-state index < -0.39 is 11.7 Å². The van der Waals surface area contributed by atoms with Gasteiger partial charge < -0.3 is 15.6 Å². The number of anilines is 2. The van der Waals surface area contributed by atoms with Crippen LogP contribution in [0.1, 0.15) is 19.4 Å². The Morgan fingerprint density at radius 1 is 1.22 bits per heavy atom. The van der Waals surface area contributed by atoms with Crippen molar-refractivity contribution in [3.63, 3.8) is 0 Å². The Morgan fingerprint density at radius 3 is 2.59 bits per heavy atom. The topological polar surface area (TPSA) is 68.8 Å². The summed E-state index contributed by atoms with van der Waals surface area (Å²) in [5, 5.41) is 3.22. The molecule has 0 saturated heterocycles. The Balaban J connectivity index is 2.19. The number of thioether (sulfide) groups is 1. The van der Waals surface area contributed by atoms with Gasteiger partial charge in [0.15, 0.2) is 5.65 Å². The first-order chi connectivity index (χ1) is 12.8. The standard InChI is InChI=1S/C18H20F3N5S/c1-4-23-13-8-15(27-5-2)11(7-12(13)22)16-25-14-6-10(18(19,20)21)9-24-17(14)26(16)3/h6-9,23H,4-5,22H2,1-3H3. The van der Waals surface area contributed by atoms with Gasteiger partial charge in [0.1, 0.15) is 11.3 Å². The molecule has 0 saturated carbocycles. The first-order valence-electron chi connectivity index (χ1n) is 8.46. The van der Waals surface area contributed by atoms with Crippen LogP contribution in [0.15, 0.2) is 29.3 Å². The van der Waals surface area contributed by atoms with Crippen LogP contribution in [0.25, 0.3) is 22.6 Å². The first kappa shape index (κ1) is 19.3.